The van der Waals surface area contributed by atoms with E-state index in [1.807, 2.05) is 48.4 Å². The number of imidazole rings is 1. The highest BCUT2D eigenvalue weighted by molar-refractivity contribution is 6.03. The molecule has 0 unspecified atom stereocenters. The zero-order chi connectivity index (χ0) is 21.2. The van der Waals surface area contributed by atoms with E-state index in [1.165, 1.54) is 0 Å². The summed E-state index contributed by atoms with van der Waals surface area (Å²) in [4.78, 5) is 36.7. The number of carbonyl (C=O) groups excluding carboxylic acids is 2. The molecule has 0 atom stereocenters. The number of pyridine rings is 1. The zero-order valence-corrected chi connectivity index (χ0v) is 16.2. The molecule has 1 amide bonds. The zero-order valence-electron chi connectivity index (χ0n) is 16.2. The molecule has 0 radical (unpaired) electrons. The second-order valence-electron chi connectivity index (χ2n) is 6.92. The fourth-order valence-corrected chi connectivity index (χ4v) is 3.45. The van der Waals surface area contributed by atoms with Crippen LogP contribution in [0.5, 0.6) is 0 Å². The molecule has 8 nitrogen and oxygen atoms in total. The van der Waals surface area contributed by atoms with Gasteiger partial charge in [0.15, 0.2) is 0 Å². The molecule has 0 fully saturated rings. The number of benzene rings is 2. The largest absolute Gasteiger partial charge is 0.344 e. The topological polar surface area (TPSA) is 116 Å². The predicted octanol–water partition coefficient (Wildman–Crippen LogP) is 3.15. The molecule has 150 valence electrons. The lowest BCUT2D eigenvalue weighted by atomic mass is 10.1. The number of nitrogens with one attached hydrogen (secondary N) is 3. The lowest BCUT2D eigenvalue weighted by molar-refractivity contribution is 0.0949. The first-order chi connectivity index (χ1) is 15.2. The normalized spacial score (nSPS) is 10.8. The van der Waals surface area contributed by atoms with Crippen molar-refractivity contribution in [1.29, 1.82) is 0 Å². The Labute approximate surface area is 176 Å². The number of fused-ring (bicyclic) bond motifs is 2. The van der Waals surface area contributed by atoms with Crippen LogP contribution in [0.2, 0.25) is 0 Å². The van der Waals surface area contributed by atoms with Crippen LogP contribution in [0.3, 0.4) is 0 Å². The van der Waals surface area contributed by atoms with Gasteiger partial charge in [-0.3, -0.25) is 14.9 Å². The fourth-order valence-electron chi connectivity index (χ4n) is 3.45. The molecular formula is C23H16N6O2. The number of amides is 1. The average molecular weight is 408 g/mol. The molecule has 5 aromatic rings. The van der Waals surface area contributed by atoms with E-state index in [1.54, 1.807) is 24.5 Å². The number of nitrogens with zero attached hydrogens (tertiary/aromatic N) is 3. The summed E-state index contributed by atoms with van der Waals surface area (Å²) in [5.41, 5.74) is 5.00. The van der Waals surface area contributed by atoms with E-state index in [0.29, 0.717) is 22.2 Å². The third kappa shape index (κ3) is 3.48. The van der Waals surface area contributed by atoms with Crippen molar-refractivity contribution in [1.82, 2.24) is 30.5 Å². The lowest BCUT2D eigenvalue weighted by Crippen LogP contribution is -2.26. The summed E-state index contributed by atoms with van der Waals surface area (Å²) in [6, 6.07) is 16.6. The van der Waals surface area contributed by atoms with Crippen molar-refractivity contribution in [3.8, 4) is 11.3 Å². The van der Waals surface area contributed by atoms with Gasteiger partial charge in [0.25, 0.3) is 5.91 Å². The van der Waals surface area contributed by atoms with Gasteiger partial charge in [0.05, 0.1) is 34.4 Å². The summed E-state index contributed by atoms with van der Waals surface area (Å²) >= 11 is 0. The van der Waals surface area contributed by atoms with Crippen molar-refractivity contribution in [2.75, 3.05) is 6.54 Å². The predicted molar refractivity (Wildman–Crippen MR) is 117 cm³/mol. The number of H-pyrrole nitrogens is 2. The summed E-state index contributed by atoms with van der Waals surface area (Å²) in [5, 5.41) is 9.91. The third-order valence-electron chi connectivity index (χ3n) is 5.00. The molecule has 8 heteroatoms. The Bertz CT molecular complexity index is 1450. The molecular weight excluding hydrogens is 392 g/mol. The maximum Gasteiger partial charge on any atom is 0.289 e. The molecule has 2 aromatic carbocycles. The van der Waals surface area contributed by atoms with Gasteiger partial charge in [-0.05, 0) is 29.8 Å². The van der Waals surface area contributed by atoms with Crippen LogP contribution in [0.4, 0.5) is 0 Å². The monoisotopic (exact) mass is 408 g/mol. The standard InChI is InChI=1S/C23H16N6O2/c30-13-16(14-4-2-1-3-5-14)12-25-23(31)22-26-19-10-17-18(11-20(19)27-22)28-29-21(17)15-6-8-24-9-7-15/h1-11,28-29H,12H2,(H,25,31). The smallest absolute Gasteiger partial charge is 0.289 e. The number of carbonyl (C=O) groups is 1. The Morgan fingerprint density at radius 1 is 0.968 bits per heavy atom. The minimum atomic E-state index is -0.454. The molecule has 0 bridgehead atoms. The van der Waals surface area contributed by atoms with Gasteiger partial charge in [0.2, 0.25) is 5.82 Å². The molecule has 5 rings (SSSR count). The second kappa shape index (κ2) is 7.70. The van der Waals surface area contributed by atoms with Gasteiger partial charge in [0.1, 0.15) is 5.94 Å². The van der Waals surface area contributed by atoms with Crippen LogP contribution in [0, 0.1) is 0 Å². The van der Waals surface area contributed by atoms with E-state index in [9.17, 15) is 9.59 Å². The van der Waals surface area contributed by atoms with Crippen molar-refractivity contribution >= 4 is 39.4 Å². The van der Waals surface area contributed by atoms with Gasteiger partial charge in [-0.25, -0.2) is 14.8 Å². The van der Waals surface area contributed by atoms with Crippen molar-refractivity contribution in [3.05, 3.63) is 78.4 Å². The highest BCUT2D eigenvalue weighted by Gasteiger charge is 2.16. The van der Waals surface area contributed by atoms with Crippen LogP contribution >= 0.6 is 0 Å². The number of aromatic nitrogens is 5. The van der Waals surface area contributed by atoms with E-state index in [2.05, 4.69) is 30.5 Å². The maximum atomic E-state index is 12.6. The van der Waals surface area contributed by atoms with Gasteiger partial charge in [-0.2, -0.15) is 0 Å². The Hall–Kier alpha value is -4.55. The first-order valence-electron chi connectivity index (χ1n) is 9.59. The molecule has 0 spiro atoms. The molecule has 0 saturated heterocycles. The number of hydrogen-bond donors (Lipinski definition) is 3. The van der Waals surface area contributed by atoms with Crippen molar-refractivity contribution in [2.45, 2.75) is 0 Å². The van der Waals surface area contributed by atoms with E-state index < -0.39 is 5.91 Å². The number of rotatable bonds is 5. The Morgan fingerprint density at radius 2 is 1.71 bits per heavy atom. The van der Waals surface area contributed by atoms with E-state index in [4.69, 9.17) is 0 Å². The summed E-state index contributed by atoms with van der Waals surface area (Å²) in [7, 11) is 0. The van der Waals surface area contributed by atoms with Crippen molar-refractivity contribution in [3.63, 3.8) is 0 Å². The van der Waals surface area contributed by atoms with E-state index >= 15 is 0 Å². The summed E-state index contributed by atoms with van der Waals surface area (Å²) in [6.07, 6.45) is 3.45. The summed E-state index contributed by atoms with van der Waals surface area (Å²) in [5.74, 6) is 1.49. The first-order valence-corrected chi connectivity index (χ1v) is 9.59. The molecule has 0 aliphatic heterocycles. The van der Waals surface area contributed by atoms with Gasteiger partial charge in [-0.15, -0.1) is 0 Å². The van der Waals surface area contributed by atoms with Crippen LogP contribution in [0.15, 0.2) is 67.0 Å². The maximum absolute atomic E-state index is 12.6. The molecule has 3 N–H and O–H groups in total. The first kappa shape index (κ1) is 18.5. The molecule has 3 heterocycles. The van der Waals surface area contributed by atoms with Crippen LogP contribution in [0.25, 0.3) is 38.8 Å². The van der Waals surface area contributed by atoms with Crippen molar-refractivity contribution in [2.24, 2.45) is 0 Å². The van der Waals surface area contributed by atoms with E-state index in [-0.39, 0.29) is 12.4 Å². The van der Waals surface area contributed by atoms with Gasteiger partial charge >= 0.3 is 0 Å². The second-order valence-corrected chi connectivity index (χ2v) is 6.92. The lowest BCUT2D eigenvalue weighted by Gasteiger charge is -2.04. The average Bonchev–Trinajstić information content (AvgIpc) is 3.42. The molecule has 0 aliphatic rings. The quantitative estimate of drug-likeness (QED) is 0.386. The number of aromatic amines is 2. The Balaban J connectivity index is 1.42. The number of hydrogen-bond acceptors (Lipinski definition) is 5. The van der Waals surface area contributed by atoms with Gasteiger partial charge < -0.3 is 10.4 Å². The summed E-state index contributed by atoms with van der Waals surface area (Å²) in [6.45, 7) is 0.0408. The molecule has 3 aromatic heterocycles. The van der Waals surface area contributed by atoms with Crippen LogP contribution in [-0.2, 0) is 4.79 Å². The highest BCUT2D eigenvalue weighted by atomic mass is 16.2. The van der Waals surface area contributed by atoms with Gasteiger partial charge in [0, 0.05) is 23.3 Å². The van der Waals surface area contributed by atoms with Crippen LogP contribution in [-0.4, -0.2) is 43.5 Å². The minimum Gasteiger partial charge on any atom is -0.344 e. The molecule has 0 saturated carbocycles. The SMILES string of the molecule is O=C=C(CNC(=O)c1nc2cc3[nH][nH]c(-c4ccncc4)c3cc2n1)c1ccccc1. The highest BCUT2D eigenvalue weighted by Crippen LogP contribution is 2.28. The Kier molecular flexibility index (Phi) is 4.59. The third-order valence-corrected chi connectivity index (χ3v) is 5.00. The van der Waals surface area contributed by atoms with Crippen molar-refractivity contribution < 1.29 is 9.59 Å². The minimum absolute atomic E-state index is 0.0408. The molecule has 0 aliphatic carbocycles. The van der Waals surface area contributed by atoms with Crippen LogP contribution < -0.4 is 5.32 Å². The van der Waals surface area contributed by atoms with E-state index in [0.717, 1.165) is 22.2 Å². The van der Waals surface area contributed by atoms with Gasteiger partial charge in [-0.1, -0.05) is 30.3 Å². The van der Waals surface area contributed by atoms with Crippen LogP contribution in [0.1, 0.15) is 16.2 Å². The fraction of sp³-hybridized carbons (Fsp3) is 0.0435. The summed E-state index contributed by atoms with van der Waals surface area (Å²) < 4.78 is 0. The molecule has 31 heavy (non-hydrogen) atoms. The Morgan fingerprint density at radius 3 is 2.45 bits per heavy atom.